The summed E-state index contributed by atoms with van der Waals surface area (Å²) in [6, 6.07) is 8.28. The molecule has 0 radical (unpaired) electrons. The van der Waals surface area contributed by atoms with E-state index in [9.17, 15) is 28.0 Å². The van der Waals surface area contributed by atoms with Gasteiger partial charge in [0, 0.05) is 18.3 Å². The van der Waals surface area contributed by atoms with Crippen molar-refractivity contribution < 1.29 is 28.0 Å². The fourth-order valence-electron chi connectivity index (χ4n) is 3.03. The highest BCUT2D eigenvalue weighted by Crippen LogP contribution is 2.29. The van der Waals surface area contributed by atoms with Crippen LogP contribution in [0.1, 0.15) is 19.4 Å². The molecule has 0 aliphatic carbocycles. The van der Waals surface area contributed by atoms with Crippen molar-refractivity contribution in [1.82, 2.24) is 10.2 Å². The molecule has 0 unspecified atom stereocenters. The van der Waals surface area contributed by atoms with Gasteiger partial charge < -0.3 is 16.0 Å². The molecule has 0 bridgehead atoms. The van der Waals surface area contributed by atoms with E-state index in [0.29, 0.717) is 16.3 Å². The monoisotopic (exact) mass is 416 g/mol. The first-order chi connectivity index (χ1) is 14.1. The van der Waals surface area contributed by atoms with Crippen molar-refractivity contribution in [1.29, 1.82) is 0 Å². The lowest BCUT2D eigenvalue weighted by Crippen LogP contribution is -2.42. The average Bonchev–Trinajstić information content (AvgIpc) is 2.89. The van der Waals surface area contributed by atoms with Crippen molar-refractivity contribution in [2.75, 3.05) is 17.2 Å². The molecular formula is C20H18F2N4O4. The van der Waals surface area contributed by atoms with Gasteiger partial charge in [-0.1, -0.05) is 6.07 Å². The molecule has 30 heavy (non-hydrogen) atoms. The first-order valence-electron chi connectivity index (χ1n) is 8.87. The predicted molar refractivity (Wildman–Crippen MR) is 103 cm³/mol. The van der Waals surface area contributed by atoms with Crippen molar-refractivity contribution in [3.63, 3.8) is 0 Å². The van der Waals surface area contributed by atoms with Gasteiger partial charge in [-0.25, -0.2) is 13.6 Å². The second-order valence-corrected chi connectivity index (χ2v) is 6.88. The molecule has 2 aromatic carbocycles. The zero-order chi connectivity index (χ0) is 22.1. The van der Waals surface area contributed by atoms with Gasteiger partial charge in [0.1, 0.15) is 12.1 Å². The van der Waals surface area contributed by atoms with Crippen LogP contribution in [0, 0.1) is 11.6 Å². The van der Waals surface area contributed by atoms with Crippen LogP contribution in [-0.2, 0) is 19.9 Å². The van der Waals surface area contributed by atoms with Gasteiger partial charge in [0.2, 0.25) is 11.8 Å². The first-order valence-corrected chi connectivity index (χ1v) is 8.87. The summed E-state index contributed by atoms with van der Waals surface area (Å²) in [5, 5.41) is 7.54. The molecule has 0 aromatic heterocycles. The lowest BCUT2D eigenvalue weighted by Gasteiger charge is -2.22. The molecular weight excluding hydrogens is 398 g/mol. The van der Waals surface area contributed by atoms with Gasteiger partial charge >= 0.3 is 6.03 Å². The Morgan fingerprint density at radius 1 is 1.00 bits per heavy atom. The fraction of sp³-hybridized carbons (Fsp3) is 0.200. The highest BCUT2D eigenvalue weighted by atomic mass is 19.2. The number of benzene rings is 2. The minimum absolute atomic E-state index is 0.0521. The van der Waals surface area contributed by atoms with E-state index in [0.717, 1.165) is 12.1 Å². The van der Waals surface area contributed by atoms with E-state index in [1.807, 2.05) is 0 Å². The van der Waals surface area contributed by atoms with Crippen LogP contribution < -0.4 is 16.0 Å². The Morgan fingerprint density at radius 2 is 1.60 bits per heavy atom. The number of imide groups is 1. The predicted octanol–water partition coefficient (Wildman–Crippen LogP) is 2.33. The zero-order valence-corrected chi connectivity index (χ0v) is 16.1. The van der Waals surface area contributed by atoms with Crippen LogP contribution in [0.25, 0.3) is 0 Å². The van der Waals surface area contributed by atoms with Gasteiger partial charge in [0.25, 0.3) is 5.91 Å². The second kappa shape index (κ2) is 7.90. The summed E-state index contributed by atoms with van der Waals surface area (Å²) < 4.78 is 26.8. The maximum Gasteiger partial charge on any atom is 0.325 e. The summed E-state index contributed by atoms with van der Waals surface area (Å²) in [7, 11) is 0. The fourth-order valence-corrected chi connectivity index (χ4v) is 3.03. The Hall–Kier alpha value is -3.82. The lowest BCUT2D eigenvalue weighted by molar-refractivity contribution is -0.133. The Labute approximate surface area is 170 Å². The Morgan fingerprint density at radius 3 is 2.17 bits per heavy atom. The van der Waals surface area contributed by atoms with E-state index < -0.39 is 41.6 Å². The third-order valence-electron chi connectivity index (χ3n) is 4.56. The maximum absolute atomic E-state index is 13.6. The van der Waals surface area contributed by atoms with Crippen LogP contribution in [0.2, 0.25) is 0 Å². The molecule has 3 rings (SSSR count). The molecule has 8 nitrogen and oxygen atoms in total. The molecule has 3 N–H and O–H groups in total. The summed E-state index contributed by atoms with van der Waals surface area (Å²) >= 11 is 0. The van der Waals surface area contributed by atoms with Crippen LogP contribution >= 0.6 is 0 Å². The molecule has 1 aliphatic rings. The van der Waals surface area contributed by atoms with Crippen LogP contribution in [0.15, 0.2) is 42.5 Å². The van der Waals surface area contributed by atoms with Crippen LogP contribution in [-0.4, -0.2) is 35.2 Å². The number of carbonyl (C=O) groups excluding carboxylic acids is 4. The molecule has 1 saturated heterocycles. The number of halogens is 2. The van der Waals surface area contributed by atoms with E-state index in [1.165, 1.54) is 19.9 Å². The van der Waals surface area contributed by atoms with E-state index in [2.05, 4.69) is 16.0 Å². The van der Waals surface area contributed by atoms with E-state index in [4.69, 9.17) is 0 Å². The third kappa shape index (κ3) is 4.12. The number of carbonyl (C=O) groups is 4. The molecule has 156 valence electrons. The van der Waals surface area contributed by atoms with Gasteiger partial charge in [0.15, 0.2) is 11.6 Å². The molecule has 1 fully saturated rings. The quantitative estimate of drug-likeness (QED) is 0.650. The third-order valence-corrected chi connectivity index (χ3v) is 4.56. The summed E-state index contributed by atoms with van der Waals surface area (Å²) in [6.07, 6.45) is 0. The summed E-state index contributed by atoms with van der Waals surface area (Å²) in [4.78, 5) is 49.1. The summed E-state index contributed by atoms with van der Waals surface area (Å²) in [5.74, 6) is -3.89. The maximum atomic E-state index is 13.6. The van der Waals surface area contributed by atoms with E-state index in [-0.39, 0.29) is 11.5 Å². The molecule has 0 saturated carbocycles. The Bertz CT molecular complexity index is 1040. The normalized spacial score (nSPS) is 18.2. The van der Waals surface area contributed by atoms with E-state index >= 15 is 0 Å². The smallest absolute Gasteiger partial charge is 0.325 e. The molecule has 10 heteroatoms. The zero-order valence-electron chi connectivity index (χ0n) is 16.1. The van der Waals surface area contributed by atoms with Crippen LogP contribution in [0.3, 0.4) is 0 Å². The van der Waals surface area contributed by atoms with Crippen molar-refractivity contribution in [2.24, 2.45) is 0 Å². The number of hydrogen-bond acceptors (Lipinski definition) is 4. The first kappa shape index (κ1) is 20.9. The average molecular weight is 416 g/mol. The number of urea groups is 1. The number of nitrogens with zero attached hydrogens (tertiary/aromatic N) is 1. The molecule has 1 heterocycles. The van der Waals surface area contributed by atoms with Crippen LogP contribution in [0.5, 0.6) is 0 Å². The van der Waals surface area contributed by atoms with Crippen LogP contribution in [0.4, 0.5) is 25.0 Å². The topological polar surface area (TPSA) is 108 Å². The summed E-state index contributed by atoms with van der Waals surface area (Å²) in [5.41, 5.74) is -0.649. The van der Waals surface area contributed by atoms with Crippen molar-refractivity contribution in [3.05, 3.63) is 59.7 Å². The second-order valence-electron chi connectivity index (χ2n) is 6.88. The molecule has 5 amide bonds. The van der Waals surface area contributed by atoms with Gasteiger partial charge in [0.05, 0.1) is 0 Å². The standard InChI is InChI=1S/C20H18F2N4O4/c1-11(27)23-13-4-6-14(7-5-13)24-17(28)10-26-18(29)20(2,25-19(26)30)12-3-8-15(21)16(22)9-12/h3-9H,10H2,1-2H3,(H,23,27)(H,24,28)(H,25,30)/t20-/m1/s1. The van der Waals surface area contributed by atoms with Crippen molar-refractivity contribution >= 4 is 35.1 Å². The SMILES string of the molecule is CC(=O)Nc1ccc(NC(=O)CN2C(=O)N[C@](C)(c3ccc(F)c(F)c3)C2=O)cc1. The van der Waals surface area contributed by atoms with Crippen molar-refractivity contribution in [3.8, 4) is 0 Å². The van der Waals surface area contributed by atoms with Gasteiger partial charge in [-0.05, 0) is 48.9 Å². The Kier molecular flexibility index (Phi) is 5.50. The van der Waals surface area contributed by atoms with Gasteiger partial charge in [-0.2, -0.15) is 0 Å². The summed E-state index contributed by atoms with van der Waals surface area (Å²) in [6.45, 7) is 2.14. The minimum atomic E-state index is -1.63. The lowest BCUT2D eigenvalue weighted by atomic mass is 9.92. The molecule has 1 atom stereocenters. The highest BCUT2D eigenvalue weighted by Gasteiger charge is 2.49. The molecule has 0 spiro atoms. The number of anilines is 2. The number of nitrogens with one attached hydrogen (secondary N) is 3. The highest BCUT2D eigenvalue weighted by molar-refractivity contribution is 6.10. The molecule has 2 aromatic rings. The largest absolute Gasteiger partial charge is 0.326 e. The molecule has 1 aliphatic heterocycles. The van der Waals surface area contributed by atoms with Crippen molar-refractivity contribution in [2.45, 2.75) is 19.4 Å². The van der Waals surface area contributed by atoms with E-state index in [1.54, 1.807) is 24.3 Å². The number of hydrogen-bond donors (Lipinski definition) is 3. The van der Waals surface area contributed by atoms with Gasteiger partial charge in [-0.3, -0.25) is 19.3 Å². The number of amides is 5. The number of rotatable bonds is 5. The Balaban J connectivity index is 1.69. The minimum Gasteiger partial charge on any atom is -0.326 e. The van der Waals surface area contributed by atoms with Gasteiger partial charge in [-0.15, -0.1) is 0 Å².